The van der Waals surface area contributed by atoms with Crippen LogP contribution in [0.2, 0.25) is 0 Å². The number of carboxylic acid groups (broad SMARTS) is 1. The van der Waals surface area contributed by atoms with E-state index in [0.717, 1.165) is 24.6 Å². The van der Waals surface area contributed by atoms with Crippen LogP contribution < -0.4 is 0 Å². The molecule has 1 rings (SSSR count). The molecule has 2 nitrogen and oxygen atoms in total. The van der Waals surface area contributed by atoms with Crippen LogP contribution in [0.4, 0.5) is 0 Å². The summed E-state index contributed by atoms with van der Waals surface area (Å²) in [5, 5.41) is 9.42. The molecule has 1 fully saturated rings. The summed E-state index contributed by atoms with van der Waals surface area (Å²) in [5.41, 5.74) is -0.330. The molecule has 3 heteroatoms. The number of alkyl halides is 1. The van der Waals surface area contributed by atoms with Gasteiger partial charge in [0.25, 0.3) is 0 Å². The molecule has 1 N–H and O–H groups in total. The first-order valence-corrected chi connectivity index (χ1v) is 4.13. The maximum atomic E-state index is 10.5. The zero-order valence-corrected chi connectivity index (χ0v) is 6.65. The molecule has 0 bridgehead atoms. The average Bonchev–Trinajstić information content (AvgIpc) is 2.49. The van der Waals surface area contributed by atoms with Crippen molar-refractivity contribution in [1.82, 2.24) is 0 Å². The van der Waals surface area contributed by atoms with Crippen LogP contribution in [0.3, 0.4) is 0 Å². The highest BCUT2D eigenvalue weighted by atomic mass is 79.9. The molecule has 0 unspecified atom stereocenters. The molecular formula is C6H9BrO2. The Morgan fingerprint density at radius 2 is 2.22 bits per heavy atom. The van der Waals surface area contributed by atoms with E-state index >= 15 is 0 Å². The zero-order chi connectivity index (χ0) is 6.91. The Labute approximate surface area is 62.4 Å². The third-order valence-corrected chi connectivity index (χ3v) is 2.28. The molecule has 0 radical (unpaired) electrons. The highest BCUT2D eigenvalue weighted by Crippen LogP contribution is 2.49. The van der Waals surface area contributed by atoms with Crippen molar-refractivity contribution in [2.24, 2.45) is 5.41 Å². The second-order valence-corrected chi connectivity index (χ2v) is 3.32. The van der Waals surface area contributed by atoms with E-state index in [9.17, 15) is 4.79 Å². The normalized spacial score (nSPS) is 21.4. The van der Waals surface area contributed by atoms with Crippen LogP contribution in [0.15, 0.2) is 0 Å². The topological polar surface area (TPSA) is 37.3 Å². The van der Waals surface area contributed by atoms with E-state index in [-0.39, 0.29) is 5.41 Å². The molecular weight excluding hydrogens is 184 g/mol. The van der Waals surface area contributed by atoms with Crippen molar-refractivity contribution in [3.8, 4) is 0 Å². The van der Waals surface area contributed by atoms with Crippen LogP contribution >= 0.6 is 15.9 Å². The van der Waals surface area contributed by atoms with Gasteiger partial charge < -0.3 is 5.11 Å². The van der Waals surface area contributed by atoms with E-state index < -0.39 is 5.97 Å². The van der Waals surface area contributed by atoms with E-state index in [0.29, 0.717) is 0 Å². The fourth-order valence-electron chi connectivity index (χ4n) is 0.903. The molecule has 0 heterocycles. The Kier molecular flexibility index (Phi) is 1.80. The van der Waals surface area contributed by atoms with Crippen molar-refractivity contribution in [2.75, 3.05) is 5.33 Å². The smallest absolute Gasteiger partial charge is 0.309 e. The van der Waals surface area contributed by atoms with Gasteiger partial charge >= 0.3 is 5.97 Å². The van der Waals surface area contributed by atoms with Gasteiger partial charge in [0.2, 0.25) is 0 Å². The Balaban J connectivity index is 2.43. The minimum absolute atomic E-state index is 0.330. The number of hydrogen-bond donors (Lipinski definition) is 1. The van der Waals surface area contributed by atoms with Gasteiger partial charge in [-0.3, -0.25) is 4.79 Å². The second-order valence-electron chi connectivity index (χ2n) is 2.52. The molecule has 0 aromatic heterocycles. The Hall–Kier alpha value is -0.0500. The van der Waals surface area contributed by atoms with Gasteiger partial charge in [0, 0.05) is 5.33 Å². The summed E-state index contributed by atoms with van der Waals surface area (Å²) in [7, 11) is 0. The molecule has 0 aromatic rings. The van der Waals surface area contributed by atoms with Crippen LogP contribution in [0, 0.1) is 5.41 Å². The second kappa shape index (κ2) is 2.29. The summed E-state index contributed by atoms with van der Waals surface area (Å²) >= 11 is 3.23. The lowest BCUT2D eigenvalue weighted by molar-refractivity contribution is -0.143. The number of aliphatic carboxylic acids is 1. The molecule has 1 aliphatic rings. The van der Waals surface area contributed by atoms with Crippen molar-refractivity contribution in [1.29, 1.82) is 0 Å². The summed E-state index contributed by atoms with van der Waals surface area (Å²) in [6.45, 7) is 0. The number of carbonyl (C=O) groups is 1. The summed E-state index contributed by atoms with van der Waals surface area (Å²) in [6.07, 6.45) is 2.52. The average molecular weight is 193 g/mol. The van der Waals surface area contributed by atoms with Crippen LogP contribution in [0.25, 0.3) is 0 Å². The predicted octanol–water partition coefficient (Wildman–Crippen LogP) is 1.64. The van der Waals surface area contributed by atoms with Crippen molar-refractivity contribution in [2.45, 2.75) is 19.3 Å². The summed E-state index contributed by atoms with van der Waals surface area (Å²) in [5.74, 6) is -0.623. The van der Waals surface area contributed by atoms with Crippen LogP contribution in [-0.4, -0.2) is 16.4 Å². The van der Waals surface area contributed by atoms with Gasteiger partial charge in [-0.25, -0.2) is 0 Å². The molecule has 52 valence electrons. The molecule has 0 spiro atoms. The first-order chi connectivity index (χ1) is 4.21. The van der Waals surface area contributed by atoms with Gasteiger partial charge in [0.15, 0.2) is 0 Å². The van der Waals surface area contributed by atoms with E-state index in [2.05, 4.69) is 15.9 Å². The fourth-order valence-corrected chi connectivity index (χ4v) is 1.66. The maximum absolute atomic E-state index is 10.5. The first kappa shape index (κ1) is 7.06. The van der Waals surface area contributed by atoms with Gasteiger partial charge in [0.05, 0.1) is 5.41 Å². The van der Waals surface area contributed by atoms with Crippen molar-refractivity contribution in [3.05, 3.63) is 0 Å². The van der Waals surface area contributed by atoms with Gasteiger partial charge in [-0.15, -0.1) is 0 Å². The highest BCUT2D eigenvalue weighted by Gasteiger charge is 2.49. The third-order valence-electron chi connectivity index (χ3n) is 1.88. The van der Waals surface area contributed by atoms with Crippen molar-refractivity contribution < 1.29 is 9.90 Å². The van der Waals surface area contributed by atoms with E-state index in [1.807, 2.05) is 0 Å². The monoisotopic (exact) mass is 192 g/mol. The zero-order valence-electron chi connectivity index (χ0n) is 5.06. The Bertz CT molecular complexity index is 129. The standard InChI is InChI=1S/C6H9BrO2/c7-4-3-6(1-2-6)5(8)9/h1-4H2,(H,8,9). The van der Waals surface area contributed by atoms with E-state index in [4.69, 9.17) is 5.11 Å². The van der Waals surface area contributed by atoms with Gasteiger partial charge in [-0.05, 0) is 19.3 Å². The quantitative estimate of drug-likeness (QED) is 0.691. The molecule has 1 aliphatic carbocycles. The van der Waals surface area contributed by atoms with E-state index in [1.165, 1.54) is 0 Å². The first-order valence-electron chi connectivity index (χ1n) is 3.01. The summed E-state index contributed by atoms with van der Waals surface area (Å²) < 4.78 is 0. The van der Waals surface area contributed by atoms with Gasteiger partial charge in [-0.1, -0.05) is 15.9 Å². The largest absolute Gasteiger partial charge is 0.481 e. The number of hydrogen-bond acceptors (Lipinski definition) is 1. The molecule has 0 saturated heterocycles. The molecule has 0 aliphatic heterocycles. The van der Waals surface area contributed by atoms with Gasteiger partial charge in [-0.2, -0.15) is 0 Å². The lowest BCUT2D eigenvalue weighted by atomic mass is 10.1. The van der Waals surface area contributed by atoms with Crippen molar-refractivity contribution >= 4 is 21.9 Å². The Morgan fingerprint density at radius 1 is 1.67 bits per heavy atom. The van der Waals surface area contributed by atoms with Crippen molar-refractivity contribution in [3.63, 3.8) is 0 Å². The predicted molar refractivity (Wildman–Crippen MR) is 37.7 cm³/mol. The third kappa shape index (κ3) is 1.26. The van der Waals surface area contributed by atoms with E-state index in [1.54, 1.807) is 0 Å². The maximum Gasteiger partial charge on any atom is 0.309 e. The SMILES string of the molecule is O=C(O)C1(CCBr)CC1. The number of carboxylic acids is 1. The number of rotatable bonds is 3. The fraction of sp³-hybridized carbons (Fsp3) is 0.833. The van der Waals surface area contributed by atoms with Crippen LogP contribution in [-0.2, 0) is 4.79 Å². The molecule has 0 amide bonds. The van der Waals surface area contributed by atoms with Gasteiger partial charge in [0.1, 0.15) is 0 Å². The molecule has 0 aromatic carbocycles. The number of halogens is 1. The van der Waals surface area contributed by atoms with Crippen LogP contribution in [0.5, 0.6) is 0 Å². The summed E-state index contributed by atoms with van der Waals surface area (Å²) in [4.78, 5) is 10.5. The summed E-state index contributed by atoms with van der Waals surface area (Å²) in [6, 6.07) is 0. The minimum Gasteiger partial charge on any atom is -0.481 e. The lowest BCUT2D eigenvalue weighted by Gasteiger charge is -2.04. The molecule has 0 atom stereocenters. The van der Waals surface area contributed by atoms with Crippen LogP contribution in [0.1, 0.15) is 19.3 Å². The highest BCUT2D eigenvalue weighted by molar-refractivity contribution is 9.09. The Morgan fingerprint density at radius 3 is 2.33 bits per heavy atom. The minimum atomic E-state index is -0.623. The molecule has 9 heavy (non-hydrogen) atoms. The lowest BCUT2D eigenvalue weighted by Crippen LogP contribution is -2.14. The molecule has 1 saturated carbocycles.